The second-order valence-electron chi connectivity index (χ2n) is 7.74. The largest absolute Gasteiger partial charge is 0.452 e. The summed E-state index contributed by atoms with van der Waals surface area (Å²) in [5, 5.41) is 2.35. The predicted octanol–water partition coefficient (Wildman–Crippen LogP) is 0.444. The van der Waals surface area contributed by atoms with Crippen LogP contribution >= 0.6 is 0 Å². The van der Waals surface area contributed by atoms with Crippen molar-refractivity contribution in [2.24, 2.45) is 14.1 Å². The maximum absolute atomic E-state index is 12.8. The first-order chi connectivity index (χ1) is 15.6. The molecule has 0 atom stereocenters. The molecule has 0 bridgehead atoms. The third-order valence-corrected chi connectivity index (χ3v) is 7.33. The minimum absolute atomic E-state index is 0.0350. The number of hydrogen-bond donors (Lipinski definition) is 1. The normalized spacial score (nSPS) is 15.0. The van der Waals surface area contributed by atoms with Gasteiger partial charge < -0.3 is 10.1 Å². The number of rotatable bonds is 6. The summed E-state index contributed by atoms with van der Waals surface area (Å²) < 4.78 is 34.0. The van der Waals surface area contributed by atoms with Crippen LogP contribution in [0.5, 0.6) is 0 Å². The summed E-state index contributed by atoms with van der Waals surface area (Å²) in [7, 11) is -0.953. The molecular formula is C21H26N4O7S. The maximum Gasteiger partial charge on any atom is 0.338 e. The van der Waals surface area contributed by atoms with E-state index >= 15 is 0 Å². The Labute approximate surface area is 190 Å². The fraction of sp³-hybridized carbons (Fsp3) is 0.429. The minimum atomic E-state index is -3.64. The van der Waals surface area contributed by atoms with E-state index in [0.29, 0.717) is 13.1 Å². The number of ether oxygens (including phenoxy) is 1. The lowest BCUT2D eigenvalue weighted by molar-refractivity contribution is -0.119. The predicted molar refractivity (Wildman–Crippen MR) is 120 cm³/mol. The monoisotopic (exact) mass is 478 g/mol. The van der Waals surface area contributed by atoms with Crippen LogP contribution in [-0.2, 0) is 33.7 Å². The number of nitrogens with one attached hydrogen (secondary N) is 1. The molecule has 1 aromatic heterocycles. The molecule has 0 saturated carbocycles. The number of carbonyl (C=O) groups excluding carboxylic acids is 2. The smallest absolute Gasteiger partial charge is 0.338 e. The summed E-state index contributed by atoms with van der Waals surface area (Å²) in [6.07, 6.45) is 3.64. The summed E-state index contributed by atoms with van der Waals surface area (Å²) in [6.45, 7) is 0.288. The van der Waals surface area contributed by atoms with Gasteiger partial charge in [0.2, 0.25) is 10.0 Å². The molecule has 2 heterocycles. The van der Waals surface area contributed by atoms with E-state index in [4.69, 9.17) is 4.74 Å². The molecule has 1 aliphatic heterocycles. The highest BCUT2D eigenvalue weighted by Crippen LogP contribution is 2.21. The fourth-order valence-corrected chi connectivity index (χ4v) is 4.96. The van der Waals surface area contributed by atoms with Gasteiger partial charge in [0, 0.05) is 33.3 Å². The fourth-order valence-electron chi connectivity index (χ4n) is 3.44. The van der Waals surface area contributed by atoms with Crippen molar-refractivity contribution < 1.29 is 22.7 Å². The Kier molecular flexibility index (Phi) is 7.49. The standard InChI is InChI=1S/C21H26N4O7S/c1-23-17(13-19(27)24(2)21(23)29)22-18(26)14-32-20(28)15-7-9-16(10-8-15)33(30,31)25-11-5-3-4-6-12-25/h7-10,13H,3-6,11-12,14H2,1-2H3,(H,22,26). The van der Waals surface area contributed by atoms with Gasteiger partial charge in [-0.15, -0.1) is 0 Å². The van der Waals surface area contributed by atoms with Gasteiger partial charge in [-0.25, -0.2) is 18.0 Å². The van der Waals surface area contributed by atoms with Crippen LogP contribution in [0.3, 0.4) is 0 Å². The van der Waals surface area contributed by atoms with Gasteiger partial charge in [0.25, 0.3) is 11.5 Å². The number of carbonyl (C=O) groups is 2. The lowest BCUT2D eigenvalue weighted by Crippen LogP contribution is -2.38. The van der Waals surface area contributed by atoms with Crippen LogP contribution in [-0.4, -0.2) is 53.4 Å². The van der Waals surface area contributed by atoms with Crippen molar-refractivity contribution in [1.29, 1.82) is 0 Å². The zero-order valence-corrected chi connectivity index (χ0v) is 19.3. The van der Waals surface area contributed by atoms with E-state index in [1.54, 1.807) is 0 Å². The highest BCUT2D eigenvalue weighted by Gasteiger charge is 2.25. The van der Waals surface area contributed by atoms with Gasteiger partial charge in [0.1, 0.15) is 5.82 Å². The van der Waals surface area contributed by atoms with Gasteiger partial charge in [-0.05, 0) is 37.1 Å². The number of amides is 1. The lowest BCUT2D eigenvalue weighted by atomic mass is 10.2. The molecule has 1 N–H and O–H groups in total. The Bertz CT molecular complexity index is 1250. The third kappa shape index (κ3) is 5.57. The van der Waals surface area contributed by atoms with E-state index in [-0.39, 0.29) is 16.3 Å². The van der Waals surface area contributed by atoms with Crippen LogP contribution in [0.4, 0.5) is 5.82 Å². The molecule has 0 spiro atoms. The van der Waals surface area contributed by atoms with E-state index in [1.807, 2.05) is 0 Å². The van der Waals surface area contributed by atoms with Crippen molar-refractivity contribution in [2.75, 3.05) is 25.0 Å². The molecule has 12 heteroatoms. The molecule has 0 unspecified atom stereocenters. The van der Waals surface area contributed by atoms with E-state index in [1.165, 1.54) is 42.7 Å². The van der Waals surface area contributed by atoms with Crippen LogP contribution in [0.1, 0.15) is 36.0 Å². The van der Waals surface area contributed by atoms with Crippen molar-refractivity contribution in [2.45, 2.75) is 30.6 Å². The molecule has 1 aromatic carbocycles. The van der Waals surface area contributed by atoms with E-state index in [2.05, 4.69) is 5.32 Å². The Morgan fingerprint density at radius 1 is 0.970 bits per heavy atom. The molecular weight excluding hydrogens is 452 g/mol. The van der Waals surface area contributed by atoms with Crippen molar-refractivity contribution in [3.63, 3.8) is 0 Å². The average Bonchev–Trinajstić information content (AvgIpc) is 3.10. The number of aromatic nitrogens is 2. The Morgan fingerprint density at radius 2 is 1.58 bits per heavy atom. The van der Waals surface area contributed by atoms with Crippen LogP contribution in [0, 0.1) is 0 Å². The highest BCUT2D eigenvalue weighted by atomic mass is 32.2. The molecule has 33 heavy (non-hydrogen) atoms. The molecule has 3 rings (SSSR count). The molecule has 1 amide bonds. The Balaban J connectivity index is 1.61. The molecule has 11 nitrogen and oxygen atoms in total. The zero-order valence-electron chi connectivity index (χ0n) is 18.4. The van der Waals surface area contributed by atoms with Gasteiger partial charge in [0.15, 0.2) is 6.61 Å². The highest BCUT2D eigenvalue weighted by molar-refractivity contribution is 7.89. The maximum atomic E-state index is 12.8. The Morgan fingerprint density at radius 3 is 2.18 bits per heavy atom. The summed E-state index contributed by atoms with van der Waals surface area (Å²) in [5.74, 6) is -1.60. The first-order valence-corrected chi connectivity index (χ1v) is 11.9. The van der Waals surface area contributed by atoms with Crippen molar-refractivity contribution in [3.05, 3.63) is 56.7 Å². The molecule has 0 aliphatic carbocycles. The lowest BCUT2D eigenvalue weighted by Gasteiger charge is -2.20. The summed E-state index contributed by atoms with van der Waals surface area (Å²) in [4.78, 5) is 48.1. The molecule has 1 aliphatic rings. The van der Waals surface area contributed by atoms with Gasteiger partial charge in [-0.1, -0.05) is 12.8 Å². The van der Waals surface area contributed by atoms with Gasteiger partial charge >= 0.3 is 11.7 Å². The molecule has 178 valence electrons. The topological polar surface area (TPSA) is 137 Å². The Hall–Kier alpha value is -3.25. The second-order valence-corrected chi connectivity index (χ2v) is 9.67. The van der Waals surface area contributed by atoms with E-state index < -0.39 is 39.8 Å². The SMILES string of the molecule is Cn1c(NC(=O)COC(=O)c2ccc(S(=O)(=O)N3CCCCCC3)cc2)cc(=O)n(C)c1=O. The number of hydrogen-bond acceptors (Lipinski definition) is 7. The van der Waals surface area contributed by atoms with Gasteiger partial charge in [-0.3, -0.25) is 18.7 Å². The molecule has 1 saturated heterocycles. The number of esters is 1. The summed E-state index contributed by atoms with van der Waals surface area (Å²) in [6, 6.07) is 6.41. The average molecular weight is 479 g/mol. The van der Waals surface area contributed by atoms with Crippen molar-refractivity contribution in [1.82, 2.24) is 13.4 Å². The van der Waals surface area contributed by atoms with Gasteiger partial charge in [0.05, 0.1) is 10.5 Å². The first-order valence-electron chi connectivity index (χ1n) is 10.5. The van der Waals surface area contributed by atoms with E-state index in [9.17, 15) is 27.6 Å². The van der Waals surface area contributed by atoms with Gasteiger partial charge in [-0.2, -0.15) is 4.31 Å². The number of sulfonamides is 1. The van der Waals surface area contributed by atoms with E-state index in [0.717, 1.165) is 40.9 Å². The quantitative estimate of drug-likeness (QED) is 0.595. The van der Waals surface area contributed by atoms with Crippen LogP contribution in [0.25, 0.3) is 0 Å². The number of benzene rings is 1. The van der Waals surface area contributed by atoms with Crippen LogP contribution in [0.2, 0.25) is 0 Å². The molecule has 2 aromatic rings. The van der Waals surface area contributed by atoms with Crippen LogP contribution < -0.4 is 16.6 Å². The minimum Gasteiger partial charge on any atom is -0.452 e. The molecule has 1 fully saturated rings. The number of nitrogens with zero attached hydrogens (tertiary/aromatic N) is 3. The van der Waals surface area contributed by atoms with Crippen molar-refractivity contribution >= 4 is 27.7 Å². The summed E-state index contributed by atoms with van der Waals surface area (Å²) >= 11 is 0. The summed E-state index contributed by atoms with van der Waals surface area (Å²) in [5.41, 5.74) is -1.13. The third-order valence-electron chi connectivity index (χ3n) is 5.42. The number of anilines is 1. The molecule has 0 radical (unpaired) electrons. The van der Waals surface area contributed by atoms with Crippen molar-refractivity contribution in [3.8, 4) is 0 Å². The zero-order chi connectivity index (χ0) is 24.2. The second kappa shape index (κ2) is 10.1. The van der Waals surface area contributed by atoms with Crippen LogP contribution in [0.15, 0.2) is 44.8 Å². The first kappa shape index (κ1) is 24.4.